The van der Waals surface area contributed by atoms with Gasteiger partial charge in [-0.3, -0.25) is 4.79 Å². The Kier molecular flexibility index (Phi) is 3.38. The van der Waals surface area contributed by atoms with Crippen molar-refractivity contribution in [2.75, 3.05) is 20.2 Å². The average molecular weight is 260 g/mol. The van der Waals surface area contributed by atoms with Gasteiger partial charge in [0, 0.05) is 24.6 Å². The van der Waals surface area contributed by atoms with Crippen LogP contribution in [0.1, 0.15) is 10.4 Å². The van der Waals surface area contributed by atoms with E-state index in [0.29, 0.717) is 29.4 Å². The molecule has 1 aromatic rings. The second-order valence-corrected chi connectivity index (χ2v) is 4.42. The predicted molar refractivity (Wildman–Crippen MR) is 63.7 cm³/mol. The Balaban J connectivity index is 2.34. The van der Waals surface area contributed by atoms with Crippen molar-refractivity contribution in [3.8, 4) is 5.75 Å². The Labute approximate surface area is 104 Å². The minimum Gasteiger partial charge on any atom is -0.495 e. The minimum atomic E-state index is 0.0157. The van der Waals surface area contributed by atoms with Gasteiger partial charge in [-0.05, 0) is 12.1 Å². The third-order valence-corrected chi connectivity index (χ3v) is 3.55. The van der Waals surface area contributed by atoms with E-state index in [0.717, 1.165) is 0 Å². The molecule has 1 aromatic carbocycles. The van der Waals surface area contributed by atoms with Gasteiger partial charge in [0.2, 0.25) is 0 Å². The molecule has 3 nitrogen and oxygen atoms in total. The van der Waals surface area contributed by atoms with Gasteiger partial charge in [0.15, 0.2) is 5.78 Å². The Bertz CT molecular complexity index is 430. The van der Waals surface area contributed by atoms with E-state index in [-0.39, 0.29) is 16.7 Å². The molecule has 0 spiro atoms. The lowest BCUT2D eigenvalue weighted by molar-refractivity contribution is 0.0878. The molecule has 0 radical (unpaired) electrons. The zero-order valence-electron chi connectivity index (χ0n) is 8.72. The molecule has 1 saturated heterocycles. The lowest BCUT2D eigenvalue weighted by Crippen LogP contribution is -2.46. The minimum absolute atomic E-state index is 0.0157. The number of Topliss-reactive ketones (excluding diaryl/α,β-unsaturated/α-hetero) is 1. The molecule has 1 aliphatic rings. The van der Waals surface area contributed by atoms with E-state index in [1.54, 1.807) is 12.1 Å². The Morgan fingerprint density at radius 2 is 2.06 bits per heavy atom. The van der Waals surface area contributed by atoms with Gasteiger partial charge in [0.1, 0.15) is 10.8 Å². The van der Waals surface area contributed by atoms with E-state index in [4.69, 9.17) is 27.9 Å². The van der Waals surface area contributed by atoms with Crippen LogP contribution in [0.3, 0.4) is 0 Å². The fourth-order valence-corrected chi connectivity index (χ4v) is 2.06. The lowest BCUT2D eigenvalue weighted by atomic mass is 9.93. The number of methoxy groups -OCH3 is 1. The van der Waals surface area contributed by atoms with Gasteiger partial charge in [-0.15, -0.1) is 0 Å². The van der Waals surface area contributed by atoms with Gasteiger partial charge >= 0.3 is 0 Å². The third-order valence-electron chi connectivity index (χ3n) is 2.68. The van der Waals surface area contributed by atoms with E-state index in [2.05, 4.69) is 5.32 Å². The number of benzene rings is 1. The molecular weight excluding hydrogens is 249 g/mol. The highest BCUT2D eigenvalue weighted by Crippen LogP contribution is 2.35. The molecular formula is C11H11Cl2NO2. The van der Waals surface area contributed by atoms with Gasteiger partial charge in [-0.1, -0.05) is 23.2 Å². The molecule has 0 bridgehead atoms. The summed E-state index contributed by atoms with van der Waals surface area (Å²) in [5.41, 5.74) is 0.471. The van der Waals surface area contributed by atoms with Crippen LogP contribution in [-0.4, -0.2) is 26.0 Å². The molecule has 5 heteroatoms. The quantitative estimate of drug-likeness (QED) is 0.848. The number of hydrogen-bond donors (Lipinski definition) is 1. The number of nitrogens with one attached hydrogen (secondary N) is 1. The van der Waals surface area contributed by atoms with E-state index < -0.39 is 0 Å². The Morgan fingerprint density at radius 1 is 1.38 bits per heavy atom. The Hall–Kier alpha value is -0.770. The molecule has 1 heterocycles. The van der Waals surface area contributed by atoms with Crippen molar-refractivity contribution in [2.45, 2.75) is 0 Å². The maximum Gasteiger partial charge on any atom is 0.170 e. The summed E-state index contributed by atoms with van der Waals surface area (Å²) in [6.45, 7) is 1.41. The first kappa shape index (κ1) is 11.7. The second kappa shape index (κ2) is 4.62. The van der Waals surface area contributed by atoms with Crippen LogP contribution in [0.15, 0.2) is 12.1 Å². The smallest absolute Gasteiger partial charge is 0.170 e. The molecule has 2 rings (SSSR count). The maximum atomic E-state index is 12.0. The van der Waals surface area contributed by atoms with Gasteiger partial charge in [0.05, 0.1) is 12.1 Å². The zero-order valence-corrected chi connectivity index (χ0v) is 10.2. The van der Waals surface area contributed by atoms with Crippen LogP contribution >= 0.6 is 23.2 Å². The number of hydrogen-bond acceptors (Lipinski definition) is 3. The molecule has 0 unspecified atom stereocenters. The molecule has 0 aromatic heterocycles. The first-order valence-electron chi connectivity index (χ1n) is 4.92. The average Bonchev–Trinajstić information content (AvgIpc) is 2.19. The van der Waals surface area contributed by atoms with Crippen LogP contribution in [-0.2, 0) is 0 Å². The highest BCUT2D eigenvalue weighted by molar-refractivity contribution is 6.44. The lowest BCUT2D eigenvalue weighted by Gasteiger charge is -2.26. The van der Waals surface area contributed by atoms with Crippen molar-refractivity contribution in [3.05, 3.63) is 27.7 Å². The number of halogens is 2. The van der Waals surface area contributed by atoms with E-state index in [1.165, 1.54) is 7.11 Å². The molecule has 0 amide bonds. The topological polar surface area (TPSA) is 38.3 Å². The van der Waals surface area contributed by atoms with E-state index >= 15 is 0 Å². The fourth-order valence-electron chi connectivity index (χ4n) is 1.57. The molecule has 1 N–H and O–H groups in total. The summed E-state index contributed by atoms with van der Waals surface area (Å²) < 4.78 is 5.02. The first-order valence-corrected chi connectivity index (χ1v) is 5.67. The van der Waals surface area contributed by atoms with E-state index in [1.807, 2.05) is 0 Å². The summed E-state index contributed by atoms with van der Waals surface area (Å²) in [4.78, 5) is 12.0. The summed E-state index contributed by atoms with van der Waals surface area (Å²) in [5, 5.41) is 3.62. The number of ketones is 1. The van der Waals surface area contributed by atoms with Crippen molar-refractivity contribution in [3.63, 3.8) is 0 Å². The van der Waals surface area contributed by atoms with Gasteiger partial charge in [-0.25, -0.2) is 0 Å². The van der Waals surface area contributed by atoms with Crippen molar-refractivity contribution < 1.29 is 9.53 Å². The number of carbonyl (C=O) groups is 1. The third kappa shape index (κ3) is 1.90. The van der Waals surface area contributed by atoms with Crippen molar-refractivity contribution >= 4 is 29.0 Å². The van der Waals surface area contributed by atoms with Crippen LogP contribution in [0.4, 0.5) is 0 Å². The van der Waals surface area contributed by atoms with Crippen LogP contribution in [0.5, 0.6) is 5.75 Å². The maximum absolute atomic E-state index is 12.0. The van der Waals surface area contributed by atoms with Crippen molar-refractivity contribution in [1.82, 2.24) is 5.32 Å². The van der Waals surface area contributed by atoms with Crippen molar-refractivity contribution in [2.24, 2.45) is 5.92 Å². The summed E-state index contributed by atoms with van der Waals surface area (Å²) in [6, 6.07) is 3.32. The molecule has 16 heavy (non-hydrogen) atoms. The van der Waals surface area contributed by atoms with Crippen LogP contribution in [0.2, 0.25) is 10.0 Å². The Morgan fingerprint density at radius 3 is 2.56 bits per heavy atom. The van der Waals surface area contributed by atoms with Gasteiger partial charge < -0.3 is 10.1 Å². The largest absolute Gasteiger partial charge is 0.495 e. The zero-order chi connectivity index (χ0) is 11.7. The van der Waals surface area contributed by atoms with Crippen LogP contribution < -0.4 is 10.1 Å². The molecule has 0 aliphatic carbocycles. The summed E-state index contributed by atoms with van der Waals surface area (Å²) in [6.07, 6.45) is 0. The molecule has 86 valence electrons. The highest BCUT2D eigenvalue weighted by Gasteiger charge is 2.28. The summed E-state index contributed by atoms with van der Waals surface area (Å²) >= 11 is 12.0. The fraction of sp³-hybridized carbons (Fsp3) is 0.364. The second-order valence-electron chi connectivity index (χ2n) is 3.66. The molecule has 1 fully saturated rings. The van der Waals surface area contributed by atoms with E-state index in [9.17, 15) is 4.79 Å². The number of ether oxygens (including phenoxy) is 1. The molecule has 1 aliphatic heterocycles. The van der Waals surface area contributed by atoms with Gasteiger partial charge in [0.25, 0.3) is 0 Å². The number of carbonyl (C=O) groups excluding carboxylic acids is 1. The van der Waals surface area contributed by atoms with Crippen molar-refractivity contribution in [1.29, 1.82) is 0 Å². The molecule has 0 atom stereocenters. The van der Waals surface area contributed by atoms with Gasteiger partial charge in [-0.2, -0.15) is 0 Å². The summed E-state index contributed by atoms with van der Waals surface area (Å²) in [5.74, 6) is 0.533. The number of rotatable bonds is 3. The standard InChI is InChI=1S/C11H11Cl2NO2/c1-16-8-3-2-7(9(12)10(8)13)11(15)6-4-14-5-6/h2-3,6,14H,4-5H2,1H3. The molecule has 0 saturated carbocycles. The first-order chi connectivity index (χ1) is 7.65. The van der Waals surface area contributed by atoms with Crippen LogP contribution in [0.25, 0.3) is 0 Å². The highest BCUT2D eigenvalue weighted by atomic mass is 35.5. The normalized spacial score (nSPS) is 15.7. The predicted octanol–water partition coefficient (Wildman–Crippen LogP) is 2.40. The SMILES string of the molecule is COc1ccc(C(=O)C2CNC2)c(Cl)c1Cl. The van der Waals surface area contributed by atoms with Crippen LogP contribution in [0, 0.1) is 5.92 Å². The monoisotopic (exact) mass is 259 g/mol. The summed E-state index contributed by atoms with van der Waals surface area (Å²) in [7, 11) is 1.51.